The van der Waals surface area contributed by atoms with Crippen molar-refractivity contribution < 1.29 is 4.74 Å². The summed E-state index contributed by atoms with van der Waals surface area (Å²) < 4.78 is 6.53. The van der Waals surface area contributed by atoms with Crippen LogP contribution in [-0.4, -0.2) is 0 Å². The highest BCUT2D eigenvalue weighted by Crippen LogP contribution is 2.30. The van der Waals surface area contributed by atoms with E-state index in [0.29, 0.717) is 0 Å². The summed E-state index contributed by atoms with van der Waals surface area (Å²) in [5, 5.41) is 0. The smallest absolute Gasteiger partial charge is 0.130 e. The first kappa shape index (κ1) is 35.0. The van der Waals surface area contributed by atoms with Crippen LogP contribution in [0.15, 0.2) is 61.7 Å². The van der Waals surface area contributed by atoms with Gasteiger partial charge in [-0.05, 0) is 48.9 Å². The average molecular weight is 535 g/mol. The molecule has 0 saturated carbocycles. The highest BCUT2D eigenvalue weighted by atomic mass is 16.5. The second kappa shape index (κ2) is 26.2. The third kappa shape index (κ3) is 18.0. The third-order valence-electron chi connectivity index (χ3n) is 7.76. The molecule has 0 radical (unpaired) electrons. The van der Waals surface area contributed by atoms with Gasteiger partial charge < -0.3 is 4.74 Å². The lowest BCUT2D eigenvalue weighted by Crippen LogP contribution is -1.96. The Morgan fingerprint density at radius 3 is 1.03 bits per heavy atom. The van der Waals surface area contributed by atoms with Crippen LogP contribution in [0.2, 0.25) is 0 Å². The van der Waals surface area contributed by atoms with E-state index in [-0.39, 0.29) is 0 Å². The molecule has 0 unspecified atom stereocenters. The number of hydrogen-bond acceptors (Lipinski definition) is 1. The fourth-order valence-corrected chi connectivity index (χ4v) is 5.34. The van der Waals surface area contributed by atoms with Crippen LogP contribution in [-0.2, 0) is 12.8 Å². The van der Waals surface area contributed by atoms with Crippen molar-refractivity contribution in [3.63, 3.8) is 0 Å². The largest absolute Gasteiger partial charge is 0.457 e. The normalized spacial score (nSPS) is 10.7. The summed E-state index contributed by atoms with van der Waals surface area (Å²) in [6, 6.07) is 17.4. The zero-order chi connectivity index (χ0) is 28.2. The molecule has 0 heterocycles. The van der Waals surface area contributed by atoms with Crippen molar-refractivity contribution in [2.24, 2.45) is 0 Å². The van der Waals surface area contributed by atoms with E-state index in [2.05, 4.69) is 75.5 Å². The van der Waals surface area contributed by atoms with Crippen LogP contribution in [0, 0.1) is 0 Å². The van der Waals surface area contributed by atoms with E-state index in [0.717, 1.165) is 24.3 Å². The SMILES string of the molecule is C=C.CCCCCCCCCCCCc1ccccc1Oc1ccccc1CCCCCCCCCCCC. The minimum atomic E-state index is 1.05. The molecule has 1 heteroatoms. The summed E-state index contributed by atoms with van der Waals surface area (Å²) in [4.78, 5) is 0. The van der Waals surface area contributed by atoms with Crippen LogP contribution < -0.4 is 4.74 Å². The minimum absolute atomic E-state index is 1.05. The monoisotopic (exact) mass is 534 g/mol. The van der Waals surface area contributed by atoms with E-state index < -0.39 is 0 Å². The zero-order valence-corrected chi connectivity index (χ0v) is 26.0. The van der Waals surface area contributed by atoms with Crippen LogP contribution in [0.5, 0.6) is 11.5 Å². The minimum Gasteiger partial charge on any atom is -0.457 e. The van der Waals surface area contributed by atoms with Gasteiger partial charge in [-0.2, -0.15) is 0 Å². The molecule has 2 rings (SSSR count). The molecule has 0 saturated heterocycles. The van der Waals surface area contributed by atoms with Gasteiger partial charge in [-0.1, -0.05) is 166 Å². The van der Waals surface area contributed by atoms with Crippen molar-refractivity contribution in [1.82, 2.24) is 0 Å². The summed E-state index contributed by atoms with van der Waals surface area (Å²) in [5.74, 6) is 2.10. The van der Waals surface area contributed by atoms with Gasteiger partial charge in [-0.25, -0.2) is 0 Å². The number of para-hydroxylation sites is 2. The van der Waals surface area contributed by atoms with Crippen molar-refractivity contribution in [1.29, 1.82) is 0 Å². The summed E-state index contributed by atoms with van der Waals surface area (Å²) in [5.41, 5.74) is 2.71. The molecule has 2 aromatic rings. The van der Waals surface area contributed by atoms with Gasteiger partial charge >= 0.3 is 0 Å². The molecule has 0 aliphatic carbocycles. The Bertz CT molecular complexity index is 729. The van der Waals surface area contributed by atoms with E-state index in [1.54, 1.807) is 0 Å². The molecular weight excluding hydrogens is 472 g/mol. The van der Waals surface area contributed by atoms with Gasteiger partial charge in [0, 0.05) is 0 Å². The summed E-state index contributed by atoms with van der Waals surface area (Å²) in [6.07, 6.45) is 29.9. The third-order valence-corrected chi connectivity index (χ3v) is 7.76. The summed E-state index contributed by atoms with van der Waals surface area (Å²) in [7, 11) is 0. The molecule has 0 spiro atoms. The van der Waals surface area contributed by atoms with Gasteiger partial charge in [0.15, 0.2) is 0 Å². The van der Waals surface area contributed by atoms with Crippen LogP contribution in [0.1, 0.15) is 153 Å². The van der Waals surface area contributed by atoms with Gasteiger partial charge in [-0.3, -0.25) is 0 Å². The van der Waals surface area contributed by atoms with E-state index in [1.165, 1.54) is 140 Å². The Morgan fingerprint density at radius 2 is 0.692 bits per heavy atom. The maximum atomic E-state index is 6.53. The number of benzene rings is 2. The molecule has 220 valence electrons. The predicted molar refractivity (Wildman–Crippen MR) is 175 cm³/mol. The molecular formula is C38H62O. The van der Waals surface area contributed by atoms with E-state index >= 15 is 0 Å². The average Bonchev–Trinajstić information content (AvgIpc) is 2.97. The van der Waals surface area contributed by atoms with Crippen molar-refractivity contribution in [3.05, 3.63) is 72.8 Å². The quantitative estimate of drug-likeness (QED) is 0.0961. The molecule has 39 heavy (non-hydrogen) atoms. The summed E-state index contributed by atoms with van der Waals surface area (Å²) in [6.45, 7) is 10.6. The van der Waals surface area contributed by atoms with Gasteiger partial charge in [0.2, 0.25) is 0 Å². The summed E-state index contributed by atoms with van der Waals surface area (Å²) >= 11 is 0. The van der Waals surface area contributed by atoms with Gasteiger partial charge in [0.1, 0.15) is 11.5 Å². The number of unbranched alkanes of at least 4 members (excludes halogenated alkanes) is 18. The fraction of sp³-hybridized carbons (Fsp3) is 0.632. The number of hydrogen-bond donors (Lipinski definition) is 0. The molecule has 1 nitrogen and oxygen atoms in total. The first-order chi connectivity index (χ1) is 19.3. The van der Waals surface area contributed by atoms with Crippen LogP contribution in [0.4, 0.5) is 0 Å². The van der Waals surface area contributed by atoms with E-state index in [1.807, 2.05) is 0 Å². The van der Waals surface area contributed by atoms with Crippen molar-refractivity contribution in [2.45, 2.75) is 155 Å². The van der Waals surface area contributed by atoms with Crippen molar-refractivity contribution in [3.8, 4) is 11.5 Å². The van der Waals surface area contributed by atoms with Crippen LogP contribution in [0.25, 0.3) is 0 Å². The molecule has 0 aromatic heterocycles. The molecule has 0 amide bonds. The number of rotatable bonds is 24. The van der Waals surface area contributed by atoms with Gasteiger partial charge in [0.05, 0.1) is 0 Å². The van der Waals surface area contributed by atoms with E-state index in [4.69, 9.17) is 4.74 Å². The second-order valence-electron chi connectivity index (χ2n) is 11.2. The number of aryl methyl sites for hydroxylation is 2. The van der Waals surface area contributed by atoms with Crippen LogP contribution in [0.3, 0.4) is 0 Å². The molecule has 0 atom stereocenters. The first-order valence-electron chi connectivity index (χ1n) is 16.7. The molecule has 0 aliphatic heterocycles. The zero-order valence-electron chi connectivity index (χ0n) is 26.0. The van der Waals surface area contributed by atoms with Crippen molar-refractivity contribution >= 4 is 0 Å². The molecule has 0 aliphatic rings. The lowest BCUT2D eigenvalue weighted by Gasteiger charge is -2.14. The lowest BCUT2D eigenvalue weighted by molar-refractivity contribution is 0.466. The molecule has 0 bridgehead atoms. The Balaban J connectivity index is 0.00000371. The van der Waals surface area contributed by atoms with E-state index in [9.17, 15) is 0 Å². The highest BCUT2D eigenvalue weighted by Gasteiger charge is 2.08. The Morgan fingerprint density at radius 1 is 0.410 bits per heavy atom. The lowest BCUT2D eigenvalue weighted by atomic mass is 10.0. The van der Waals surface area contributed by atoms with Gasteiger partial charge in [0.25, 0.3) is 0 Å². The standard InChI is InChI=1S/C36H58O.C2H4/c1-3-5-7-9-11-13-15-17-19-21-27-33-29-23-25-31-35(33)37-36-32-26-24-30-34(36)28-22-20-18-16-14-12-10-8-6-4-2;1-2/h23-26,29-32H,3-22,27-28H2,1-2H3;1-2H2. The Labute approximate surface area is 243 Å². The molecule has 0 fully saturated rings. The second-order valence-corrected chi connectivity index (χ2v) is 11.2. The first-order valence-corrected chi connectivity index (χ1v) is 16.7. The number of ether oxygens (including phenoxy) is 1. The highest BCUT2D eigenvalue weighted by molar-refractivity contribution is 5.41. The Kier molecular flexibility index (Phi) is 23.5. The maximum Gasteiger partial charge on any atom is 0.130 e. The molecule has 2 aromatic carbocycles. The van der Waals surface area contributed by atoms with Gasteiger partial charge in [-0.15, -0.1) is 13.2 Å². The van der Waals surface area contributed by atoms with Crippen molar-refractivity contribution in [2.75, 3.05) is 0 Å². The Hall–Kier alpha value is -2.02. The topological polar surface area (TPSA) is 9.23 Å². The van der Waals surface area contributed by atoms with Crippen LogP contribution >= 0.6 is 0 Å². The predicted octanol–water partition coefficient (Wildman–Crippen LogP) is 13.2. The fourth-order valence-electron chi connectivity index (χ4n) is 5.34. The molecule has 0 N–H and O–H groups in total. The maximum absolute atomic E-state index is 6.53.